The molecule has 0 aromatic carbocycles. The first-order valence-corrected chi connectivity index (χ1v) is 7.53. The van der Waals surface area contributed by atoms with Gasteiger partial charge in [-0.05, 0) is 56.3 Å². The average molecular weight is 222 g/mol. The summed E-state index contributed by atoms with van der Waals surface area (Å²) in [5.74, 6) is 3.21. The van der Waals surface area contributed by atoms with Crippen LogP contribution in [0.1, 0.15) is 64.2 Å². The normalized spacial score (nSPS) is 39.4. The third kappa shape index (κ3) is 2.45. The third-order valence-corrected chi connectivity index (χ3v) is 5.28. The van der Waals surface area contributed by atoms with E-state index in [9.17, 15) is 0 Å². The van der Waals surface area contributed by atoms with Crippen molar-refractivity contribution in [3.8, 4) is 0 Å². The van der Waals surface area contributed by atoms with Crippen LogP contribution >= 0.6 is 0 Å². The maximum Gasteiger partial charge on any atom is 0.0575 e. The molecule has 0 spiro atoms. The maximum atomic E-state index is 6.05. The Bertz CT molecular complexity index is 219. The van der Waals surface area contributed by atoms with Crippen LogP contribution in [-0.2, 0) is 4.74 Å². The Morgan fingerprint density at radius 1 is 0.875 bits per heavy atom. The fourth-order valence-corrected chi connectivity index (χ4v) is 4.35. The van der Waals surface area contributed by atoms with Gasteiger partial charge in [0, 0.05) is 6.61 Å². The van der Waals surface area contributed by atoms with Crippen LogP contribution in [-0.4, -0.2) is 12.7 Å². The van der Waals surface area contributed by atoms with E-state index >= 15 is 0 Å². The summed E-state index contributed by atoms with van der Waals surface area (Å²) < 4.78 is 6.05. The molecule has 3 saturated carbocycles. The number of hydrogen-bond acceptors (Lipinski definition) is 1. The molecule has 1 nitrogen and oxygen atoms in total. The Labute approximate surface area is 99.9 Å². The Balaban J connectivity index is 1.34. The Morgan fingerprint density at radius 3 is 2.44 bits per heavy atom. The summed E-state index contributed by atoms with van der Waals surface area (Å²) in [6, 6.07) is 0. The van der Waals surface area contributed by atoms with Gasteiger partial charge in [0.15, 0.2) is 0 Å². The molecule has 16 heavy (non-hydrogen) atoms. The van der Waals surface area contributed by atoms with Crippen molar-refractivity contribution in [2.24, 2.45) is 17.8 Å². The lowest BCUT2D eigenvalue weighted by atomic mass is 9.87. The van der Waals surface area contributed by atoms with E-state index in [0.29, 0.717) is 6.10 Å². The van der Waals surface area contributed by atoms with Crippen molar-refractivity contribution < 1.29 is 4.74 Å². The largest absolute Gasteiger partial charge is 0.378 e. The first-order valence-electron chi connectivity index (χ1n) is 7.53. The summed E-state index contributed by atoms with van der Waals surface area (Å²) in [5.41, 5.74) is 0. The molecule has 0 aromatic rings. The van der Waals surface area contributed by atoms with Gasteiger partial charge in [-0.3, -0.25) is 0 Å². The monoisotopic (exact) mass is 222 g/mol. The second-order valence-corrected chi connectivity index (χ2v) is 6.35. The Kier molecular flexibility index (Phi) is 3.51. The van der Waals surface area contributed by atoms with Crippen LogP contribution in [0.2, 0.25) is 0 Å². The van der Waals surface area contributed by atoms with Crippen molar-refractivity contribution in [1.29, 1.82) is 0 Å². The summed E-state index contributed by atoms with van der Waals surface area (Å²) in [5, 5.41) is 0. The molecule has 0 saturated heterocycles. The highest BCUT2D eigenvalue weighted by atomic mass is 16.5. The molecule has 2 bridgehead atoms. The predicted octanol–water partition coefficient (Wildman–Crippen LogP) is 4.16. The lowest BCUT2D eigenvalue weighted by Crippen LogP contribution is -2.19. The van der Waals surface area contributed by atoms with Gasteiger partial charge >= 0.3 is 0 Å². The van der Waals surface area contributed by atoms with Gasteiger partial charge in [-0.1, -0.05) is 25.7 Å². The van der Waals surface area contributed by atoms with Gasteiger partial charge in [0.2, 0.25) is 0 Å². The molecule has 1 heteroatoms. The molecular weight excluding hydrogens is 196 g/mol. The number of ether oxygens (including phenoxy) is 1. The smallest absolute Gasteiger partial charge is 0.0575 e. The third-order valence-electron chi connectivity index (χ3n) is 5.28. The van der Waals surface area contributed by atoms with E-state index in [1.165, 1.54) is 57.8 Å². The zero-order chi connectivity index (χ0) is 10.8. The second kappa shape index (κ2) is 5.08. The maximum absolute atomic E-state index is 6.05. The number of hydrogen-bond donors (Lipinski definition) is 0. The molecule has 0 N–H and O–H groups in total. The minimum absolute atomic E-state index is 0.618. The fourth-order valence-electron chi connectivity index (χ4n) is 4.35. The van der Waals surface area contributed by atoms with E-state index in [4.69, 9.17) is 4.74 Å². The van der Waals surface area contributed by atoms with Crippen LogP contribution in [0.25, 0.3) is 0 Å². The quantitative estimate of drug-likeness (QED) is 0.694. The first kappa shape index (κ1) is 11.1. The zero-order valence-electron chi connectivity index (χ0n) is 10.5. The second-order valence-electron chi connectivity index (χ2n) is 6.35. The van der Waals surface area contributed by atoms with Crippen molar-refractivity contribution in [2.45, 2.75) is 70.3 Å². The number of fused-ring (bicyclic) bond motifs is 2. The van der Waals surface area contributed by atoms with E-state index in [-0.39, 0.29) is 0 Å². The molecule has 0 aliphatic heterocycles. The van der Waals surface area contributed by atoms with Crippen LogP contribution in [0.15, 0.2) is 0 Å². The molecule has 0 radical (unpaired) electrons. The molecule has 3 fully saturated rings. The molecule has 3 atom stereocenters. The highest BCUT2D eigenvalue weighted by Gasteiger charge is 2.38. The molecule has 0 aromatic heterocycles. The van der Waals surface area contributed by atoms with Crippen molar-refractivity contribution in [3.63, 3.8) is 0 Å². The van der Waals surface area contributed by atoms with Crippen molar-refractivity contribution >= 4 is 0 Å². The molecular formula is C15H26O. The summed E-state index contributed by atoms with van der Waals surface area (Å²) in [6.07, 6.45) is 15.0. The zero-order valence-corrected chi connectivity index (χ0v) is 10.5. The van der Waals surface area contributed by atoms with Crippen molar-refractivity contribution in [1.82, 2.24) is 0 Å². The minimum Gasteiger partial charge on any atom is -0.378 e. The molecule has 0 heterocycles. The van der Waals surface area contributed by atoms with Crippen LogP contribution in [0.3, 0.4) is 0 Å². The lowest BCUT2D eigenvalue weighted by Gasteiger charge is -2.25. The Hall–Kier alpha value is -0.0400. The SMILES string of the molecule is C1CCC(OCCC2CC3CCC2C3)CC1. The van der Waals surface area contributed by atoms with E-state index in [1.54, 1.807) is 6.42 Å². The number of rotatable bonds is 4. The van der Waals surface area contributed by atoms with E-state index in [1.807, 2.05) is 0 Å². The highest BCUT2D eigenvalue weighted by molar-refractivity contribution is 4.89. The minimum atomic E-state index is 0.618. The average Bonchev–Trinajstić information content (AvgIpc) is 2.92. The highest BCUT2D eigenvalue weighted by Crippen LogP contribution is 2.49. The fraction of sp³-hybridized carbons (Fsp3) is 1.00. The van der Waals surface area contributed by atoms with Crippen LogP contribution in [0.5, 0.6) is 0 Å². The van der Waals surface area contributed by atoms with Crippen molar-refractivity contribution in [3.05, 3.63) is 0 Å². The predicted molar refractivity (Wildman–Crippen MR) is 66.4 cm³/mol. The standard InChI is InChI=1S/C15H26O/c1-2-4-15(5-3-1)16-9-8-14-11-12-6-7-13(14)10-12/h12-15H,1-11H2. The van der Waals surface area contributed by atoms with Gasteiger partial charge in [-0.25, -0.2) is 0 Å². The first-order chi connectivity index (χ1) is 7.92. The van der Waals surface area contributed by atoms with Crippen molar-refractivity contribution in [2.75, 3.05) is 6.61 Å². The van der Waals surface area contributed by atoms with Gasteiger partial charge in [0.05, 0.1) is 6.10 Å². The van der Waals surface area contributed by atoms with Crippen LogP contribution < -0.4 is 0 Å². The molecule has 0 amide bonds. The van der Waals surface area contributed by atoms with Gasteiger partial charge in [-0.15, -0.1) is 0 Å². The van der Waals surface area contributed by atoms with E-state index in [2.05, 4.69) is 0 Å². The summed E-state index contributed by atoms with van der Waals surface area (Å²) in [6.45, 7) is 1.05. The molecule has 3 rings (SSSR count). The molecule has 3 aliphatic carbocycles. The van der Waals surface area contributed by atoms with E-state index < -0.39 is 0 Å². The summed E-state index contributed by atoms with van der Waals surface area (Å²) in [7, 11) is 0. The molecule has 92 valence electrons. The van der Waals surface area contributed by atoms with Gasteiger partial charge < -0.3 is 4.74 Å². The van der Waals surface area contributed by atoms with Crippen LogP contribution in [0, 0.1) is 17.8 Å². The van der Waals surface area contributed by atoms with Crippen LogP contribution in [0.4, 0.5) is 0 Å². The topological polar surface area (TPSA) is 9.23 Å². The van der Waals surface area contributed by atoms with Gasteiger partial charge in [0.1, 0.15) is 0 Å². The van der Waals surface area contributed by atoms with E-state index in [0.717, 1.165) is 24.4 Å². The molecule has 3 aliphatic rings. The van der Waals surface area contributed by atoms with Gasteiger partial charge in [-0.2, -0.15) is 0 Å². The summed E-state index contributed by atoms with van der Waals surface area (Å²) >= 11 is 0. The summed E-state index contributed by atoms with van der Waals surface area (Å²) in [4.78, 5) is 0. The Morgan fingerprint density at radius 2 is 1.75 bits per heavy atom. The lowest BCUT2D eigenvalue weighted by molar-refractivity contribution is 0.0179. The molecule has 3 unspecified atom stereocenters. The van der Waals surface area contributed by atoms with Gasteiger partial charge in [0.25, 0.3) is 0 Å².